The quantitative estimate of drug-likeness (QED) is 0.771. The number of hydrogen-bond acceptors (Lipinski definition) is 3. The minimum absolute atomic E-state index is 0.497. The molecule has 2 N–H and O–H groups in total. The Balaban J connectivity index is 1.75. The first-order valence-corrected chi connectivity index (χ1v) is 6.24. The molecule has 0 amide bonds. The van der Waals surface area contributed by atoms with Crippen LogP contribution in [0.1, 0.15) is 44.3 Å². The molecule has 1 aliphatic rings. The second-order valence-corrected chi connectivity index (χ2v) is 4.82. The summed E-state index contributed by atoms with van der Waals surface area (Å²) in [6.45, 7) is 1.38. The molecule has 1 fully saturated rings. The Labute approximate surface area is 96.8 Å². The van der Waals surface area contributed by atoms with Gasteiger partial charge in [0.15, 0.2) is 0 Å². The van der Waals surface area contributed by atoms with Crippen LogP contribution < -0.4 is 5.32 Å². The molecule has 1 heterocycles. The molecule has 3 nitrogen and oxygen atoms in total. The number of nitrogens with one attached hydrogen (secondary N) is 1. The van der Waals surface area contributed by atoms with E-state index in [1.807, 2.05) is 12.1 Å². The fourth-order valence-corrected chi connectivity index (χ4v) is 2.39. The summed E-state index contributed by atoms with van der Waals surface area (Å²) in [6.07, 6.45) is 8.37. The van der Waals surface area contributed by atoms with Crippen LogP contribution in [-0.2, 0) is 6.54 Å². The standard InChI is InChI=1S/C13H21NO2/c15-13(7-3-1-2-4-8-13)11-14-10-12-6-5-9-16-12/h5-6,9,14-15H,1-4,7-8,10-11H2. The highest BCUT2D eigenvalue weighted by Gasteiger charge is 2.27. The predicted octanol–water partition coefficient (Wildman–Crippen LogP) is 2.45. The van der Waals surface area contributed by atoms with Gasteiger partial charge < -0.3 is 14.8 Å². The van der Waals surface area contributed by atoms with E-state index in [1.54, 1.807) is 6.26 Å². The number of furan rings is 1. The predicted molar refractivity (Wildman–Crippen MR) is 63.1 cm³/mol. The lowest BCUT2D eigenvalue weighted by atomic mass is 9.94. The van der Waals surface area contributed by atoms with Gasteiger partial charge in [-0.05, 0) is 25.0 Å². The fraction of sp³-hybridized carbons (Fsp3) is 0.692. The summed E-state index contributed by atoms with van der Waals surface area (Å²) >= 11 is 0. The van der Waals surface area contributed by atoms with Crippen LogP contribution in [0.15, 0.2) is 22.8 Å². The molecular weight excluding hydrogens is 202 g/mol. The van der Waals surface area contributed by atoms with Crippen molar-refractivity contribution in [3.05, 3.63) is 24.2 Å². The Morgan fingerprint density at radius 2 is 2.00 bits per heavy atom. The molecule has 0 spiro atoms. The highest BCUT2D eigenvalue weighted by molar-refractivity contribution is 4.97. The highest BCUT2D eigenvalue weighted by atomic mass is 16.3. The molecule has 1 saturated carbocycles. The molecule has 1 aromatic rings. The summed E-state index contributed by atoms with van der Waals surface area (Å²) in [6, 6.07) is 3.83. The molecule has 0 unspecified atom stereocenters. The molecule has 0 saturated heterocycles. The van der Waals surface area contributed by atoms with Gasteiger partial charge in [-0.2, -0.15) is 0 Å². The Morgan fingerprint density at radius 1 is 1.25 bits per heavy atom. The van der Waals surface area contributed by atoms with Crippen molar-refractivity contribution in [3.63, 3.8) is 0 Å². The number of rotatable bonds is 4. The smallest absolute Gasteiger partial charge is 0.117 e. The first kappa shape index (κ1) is 11.7. The van der Waals surface area contributed by atoms with Crippen LogP contribution >= 0.6 is 0 Å². The normalized spacial score (nSPS) is 20.6. The highest BCUT2D eigenvalue weighted by Crippen LogP contribution is 2.26. The lowest BCUT2D eigenvalue weighted by Crippen LogP contribution is -2.39. The van der Waals surface area contributed by atoms with Crippen LogP contribution in [0.25, 0.3) is 0 Å². The van der Waals surface area contributed by atoms with Gasteiger partial charge in [0.05, 0.1) is 18.4 Å². The third-order valence-corrected chi connectivity index (χ3v) is 3.37. The first-order valence-electron chi connectivity index (χ1n) is 6.24. The van der Waals surface area contributed by atoms with E-state index in [9.17, 15) is 5.11 Å². The summed E-state index contributed by atoms with van der Waals surface area (Å²) in [5.41, 5.74) is -0.497. The average Bonchev–Trinajstić information content (AvgIpc) is 2.68. The lowest BCUT2D eigenvalue weighted by molar-refractivity contribution is 0.0247. The van der Waals surface area contributed by atoms with E-state index < -0.39 is 5.60 Å². The van der Waals surface area contributed by atoms with Crippen molar-refractivity contribution in [1.29, 1.82) is 0 Å². The van der Waals surface area contributed by atoms with Crippen molar-refractivity contribution in [1.82, 2.24) is 5.32 Å². The largest absolute Gasteiger partial charge is 0.468 e. The molecule has 0 atom stereocenters. The van der Waals surface area contributed by atoms with Gasteiger partial charge in [-0.1, -0.05) is 25.7 Å². The molecule has 1 aromatic heterocycles. The molecule has 3 heteroatoms. The molecule has 1 aliphatic carbocycles. The van der Waals surface area contributed by atoms with Gasteiger partial charge in [-0.25, -0.2) is 0 Å². The molecule has 16 heavy (non-hydrogen) atoms. The van der Waals surface area contributed by atoms with Crippen molar-refractivity contribution in [3.8, 4) is 0 Å². The van der Waals surface area contributed by atoms with Gasteiger partial charge >= 0.3 is 0 Å². The topological polar surface area (TPSA) is 45.4 Å². The lowest BCUT2D eigenvalue weighted by Gasteiger charge is -2.26. The van der Waals surface area contributed by atoms with E-state index in [0.717, 1.165) is 31.4 Å². The zero-order valence-corrected chi connectivity index (χ0v) is 9.74. The average molecular weight is 223 g/mol. The van der Waals surface area contributed by atoms with Crippen molar-refractivity contribution in [2.45, 2.75) is 50.7 Å². The molecule has 90 valence electrons. The number of hydrogen-bond donors (Lipinski definition) is 2. The summed E-state index contributed by atoms with van der Waals surface area (Å²) in [4.78, 5) is 0. The van der Waals surface area contributed by atoms with Crippen LogP contribution in [0.2, 0.25) is 0 Å². The molecular formula is C13H21NO2. The van der Waals surface area contributed by atoms with Crippen LogP contribution in [0.5, 0.6) is 0 Å². The van der Waals surface area contributed by atoms with E-state index >= 15 is 0 Å². The van der Waals surface area contributed by atoms with Gasteiger partial charge in [0.25, 0.3) is 0 Å². The van der Waals surface area contributed by atoms with Gasteiger partial charge in [0.2, 0.25) is 0 Å². The maximum atomic E-state index is 10.4. The maximum absolute atomic E-state index is 10.4. The van der Waals surface area contributed by atoms with Crippen LogP contribution in [0.4, 0.5) is 0 Å². The van der Waals surface area contributed by atoms with Gasteiger partial charge in [0, 0.05) is 6.54 Å². The third-order valence-electron chi connectivity index (χ3n) is 3.37. The Hall–Kier alpha value is -0.800. The third kappa shape index (κ3) is 3.35. The Morgan fingerprint density at radius 3 is 2.62 bits per heavy atom. The SMILES string of the molecule is OC1(CNCc2ccco2)CCCCCC1. The van der Waals surface area contributed by atoms with E-state index in [1.165, 1.54) is 12.8 Å². The van der Waals surface area contributed by atoms with Crippen molar-refractivity contribution in [2.75, 3.05) is 6.54 Å². The molecule has 0 aromatic carbocycles. The van der Waals surface area contributed by atoms with Crippen molar-refractivity contribution < 1.29 is 9.52 Å². The zero-order chi connectivity index (χ0) is 11.3. The Bertz CT molecular complexity index is 287. The molecule has 0 bridgehead atoms. The van der Waals surface area contributed by atoms with Gasteiger partial charge in [-0.15, -0.1) is 0 Å². The van der Waals surface area contributed by atoms with Crippen LogP contribution in [0, 0.1) is 0 Å². The van der Waals surface area contributed by atoms with Crippen molar-refractivity contribution >= 4 is 0 Å². The second kappa shape index (κ2) is 5.51. The summed E-state index contributed by atoms with van der Waals surface area (Å²) in [7, 11) is 0. The second-order valence-electron chi connectivity index (χ2n) is 4.82. The van der Waals surface area contributed by atoms with Gasteiger partial charge in [0.1, 0.15) is 5.76 Å². The van der Waals surface area contributed by atoms with E-state index in [0.29, 0.717) is 13.1 Å². The first-order chi connectivity index (χ1) is 7.79. The van der Waals surface area contributed by atoms with E-state index in [2.05, 4.69) is 5.32 Å². The maximum Gasteiger partial charge on any atom is 0.117 e. The minimum Gasteiger partial charge on any atom is -0.468 e. The summed E-state index contributed by atoms with van der Waals surface area (Å²) < 4.78 is 5.24. The molecule has 2 rings (SSSR count). The fourth-order valence-electron chi connectivity index (χ4n) is 2.39. The van der Waals surface area contributed by atoms with Crippen molar-refractivity contribution in [2.24, 2.45) is 0 Å². The molecule has 0 radical (unpaired) electrons. The van der Waals surface area contributed by atoms with E-state index in [4.69, 9.17) is 4.42 Å². The van der Waals surface area contributed by atoms with Crippen LogP contribution in [-0.4, -0.2) is 17.3 Å². The van der Waals surface area contributed by atoms with E-state index in [-0.39, 0.29) is 0 Å². The summed E-state index contributed by atoms with van der Waals surface area (Å²) in [5, 5.41) is 13.7. The molecule has 0 aliphatic heterocycles. The van der Waals surface area contributed by atoms with Crippen LogP contribution in [0.3, 0.4) is 0 Å². The number of aliphatic hydroxyl groups is 1. The minimum atomic E-state index is -0.497. The monoisotopic (exact) mass is 223 g/mol. The zero-order valence-electron chi connectivity index (χ0n) is 9.74. The summed E-state index contributed by atoms with van der Waals surface area (Å²) in [5.74, 6) is 0.928. The Kier molecular flexibility index (Phi) is 4.02. The van der Waals surface area contributed by atoms with Gasteiger partial charge in [-0.3, -0.25) is 0 Å².